The fourth-order valence-electron chi connectivity index (χ4n) is 2.96. The zero-order valence-electron chi connectivity index (χ0n) is 15.2. The molecule has 0 atom stereocenters. The number of carbonyl (C=O) groups is 2. The van der Waals surface area contributed by atoms with E-state index in [9.17, 15) is 9.59 Å². The van der Waals surface area contributed by atoms with Gasteiger partial charge in [0.15, 0.2) is 0 Å². The monoisotopic (exact) mass is 350 g/mol. The summed E-state index contributed by atoms with van der Waals surface area (Å²) in [5.41, 5.74) is 10.2. The second-order valence-electron chi connectivity index (χ2n) is 6.44. The van der Waals surface area contributed by atoms with Gasteiger partial charge < -0.3 is 4.42 Å². The van der Waals surface area contributed by atoms with Crippen LogP contribution in [0.5, 0.6) is 0 Å². The minimum absolute atomic E-state index is 0.131. The van der Waals surface area contributed by atoms with E-state index in [1.165, 1.54) is 5.56 Å². The number of fused-ring (bicyclic) bond motifs is 1. The summed E-state index contributed by atoms with van der Waals surface area (Å²) in [6.45, 7) is 5.91. The molecule has 0 aliphatic rings. The average Bonchev–Trinajstić information content (AvgIpc) is 3.01. The van der Waals surface area contributed by atoms with Gasteiger partial charge in [0.25, 0.3) is 5.91 Å². The predicted octanol–water partition coefficient (Wildman–Crippen LogP) is 3.62. The van der Waals surface area contributed by atoms with E-state index in [1.807, 2.05) is 44.2 Å². The van der Waals surface area contributed by atoms with Crippen LogP contribution in [-0.4, -0.2) is 11.8 Å². The number of amides is 2. The van der Waals surface area contributed by atoms with Crippen LogP contribution in [0.4, 0.5) is 0 Å². The van der Waals surface area contributed by atoms with Crippen LogP contribution in [0.15, 0.2) is 47.1 Å². The number of benzene rings is 2. The molecular formula is C21H22N2O3. The Kier molecular flexibility index (Phi) is 5.07. The number of hydrogen-bond donors (Lipinski definition) is 2. The lowest BCUT2D eigenvalue weighted by molar-refractivity contribution is -0.121. The molecule has 0 spiro atoms. The fourth-order valence-corrected chi connectivity index (χ4v) is 2.96. The molecule has 0 unspecified atom stereocenters. The highest BCUT2D eigenvalue weighted by molar-refractivity contribution is 5.97. The summed E-state index contributed by atoms with van der Waals surface area (Å²) >= 11 is 0. The molecular weight excluding hydrogens is 328 g/mol. The van der Waals surface area contributed by atoms with E-state index in [0.717, 1.165) is 34.1 Å². The van der Waals surface area contributed by atoms with E-state index in [1.54, 1.807) is 12.3 Å². The van der Waals surface area contributed by atoms with Crippen LogP contribution in [0.1, 0.15) is 39.5 Å². The third-order valence-electron chi connectivity index (χ3n) is 4.42. The maximum atomic E-state index is 12.2. The van der Waals surface area contributed by atoms with Crippen molar-refractivity contribution in [1.29, 1.82) is 0 Å². The average molecular weight is 350 g/mol. The minimum Gasteiger partial charge on any atom is -0.464 e. The van der Waals surface area contributed by atoms with Gasteiger partial charge in [0, 0.05) is 16.5 Å². The Morgan fingerprint density at radius 3 is 2.58 bits per heavy atom. The largest absolute Gasteiger partial charge is 0.464 e. The van der Waals surface area contributed by atoms with Gasteiger partial charge >= 0.3 is 0 Å². The molecule has 0 radical (unpaired) electrons. The first-order chi connectivity index (χ1) is 12.5. The van der Waals surface area contributed by atoms with Crippen molar-refractivity contribution >= 4 is 22.8 Å². The molecule has 0 saturated heterocycles. The number of carbonyl (C=O) groups excluding carboxylic acids is 2. The summed E-state index contributed by atoms with van der Waals surface area (Å²) in [5, 5.41) is 0.915. The first-order valence-corrected chi connectivity index (χ1v) is 8.63. The summed E-state index contributed by atoms with van der Waals surface area (Å²) in [5.74, 6) is -0.633. The topological polar surface area (TPSA) is 71.3 Å². The Labute approximate surface area is 152 Å². The van der Waals surface area contributed by atoms with Crippen LogP contribution < -0.4 is 10.9 Å². The van der Waals surface area contributed by atoms with Crippen molar-refractivity contribution in [3.8, 4) is 0 Å². The number of furan rings is 1. The van der Waals surface area contributed by atoms with Gasteiger partial charge in [-0.05, 0) is 43.5 Å². The fraction of sp³-hybridized carbons (Fsp3) is 0.238. The zero-order valence-corrected chi connectivity index (χ0v) is 15.2. The summed E-state index contributed by atoms with van der Waals surface area (Å²) in [6, 6.07) is 11.5. The Hall–Kier alpha value is -3.08. The Morgan fingerprint density at radius 2 is 1.85 bits per heavy atom. The first kappa shape index (κ1) is 17.7. The Balaban J connectivity index is 1.63. The minimum atomic E-state index is -0.333. The smallest absolute Gasteiger partial charge is 0.269 e. The van der Waals surface area contributed by atoms with Crippen LogP contribution >= 0.6 is 0 Å². The van der Waals surface area contributed by atoms with Crippen LogP contribution in [0.25, 0.3) is 11.0 Å². The van der Waals surface area contributed by atoms with Crippen molar-refractivity contribution < 1.29 is 14.0 Å². The highest BCUT2D eigenvalue weighted by Gasteiger charge is 2.13. The molecule has 5 nitrogen and oxygen atoms in total. The molecule has 5 heteroatoms. The number of nitrogens with one attached hydrogen (secondary N) is 2. The maximum absolute atomic E-state index is 12.2. The summed E-state index contributed by atoms with van der Waals surface area (Å²) in [6.07, 6.45) is 2.65. The van der Waals surface area contributed by atoms with E-state index in [2.05, 4.69) is 17.8 Å². The SMILES string of the molecule is CCc1ccc2c(CC(=O)NNC(=O)c3ccc(C)cc3C)coc2c1. The molecule has 1 heterocycles. The van der Waals surface area contributed by atoms with Gasteiger partial charge in [-0.1, -0.05) is 36.8 Å². The number of rotatable bonds is 4. The molecule has 1 aromatic heterocycles. The molecule has 3 rings (SSSR count). The van der Waals surface area contributed by atoms with E-state index in [-0.39, 0.29) is 18.2 Å². The lowest BCUT2D eigenvalue weighted by atomic mass is 10.1. The normalized spacial score (nSPS) is 10.7. The van der Waals surface area contributed by atoms with Crippen LogP contribution in [-0.2, 0) is 17.6 Å². The maximum Gasteiger partial charge on any atom is 0.269 e. The molecule has 2 amide bonds. The van der Waals surface area contributed by atoms with Crippen LogP contribution in [0.3, 0.4) is 0 Å². The molecule has 26 heavy (non-hydrogen) atoms. The van der Waals surface area contributed by atoms with Gasteiger partial charge in [0.05, 0.1) is 12.7 Å². The van der Waals surface area contributed by atoms with Gasteiger partial charge in [-0.2, -0.15) is 0 Å². The Bertz CT molecular complexity index is 973. The number of hydrogen-bond acceptors (Lipinski definition) is 3. The molecule has 0 saturated carbocycles. The first-order valence-electron chi connectivity index (χ1n) is 8.63. The standard InChI is InChI=1S/C21H22N2O3/c1-4-15-6-8-18-16(12-26-19(18)10-15)11-20(24)22-23-21(25)17-7-5-13(2)9-14(17)3/h5-10,12H,4,11H2,1-3H3,(H,22,24)(H,23,25). The summed E-state index contributed by atoms with van der Waals surface area (Å²) < 4.78 is 5.55. The van der Waals surface area contributed by atoms with Crippen molar-refractivity contribution in [2.24, 2.45) is 0 Å². The van der Waals surface area contributed by atoms with Gasteiger partial charge in [-0.25, -0.2) is 0 Å². The lowest BCUT2D eigenvalue weighted by Crippen LogP contribution is -2.42. The van der Waals surface area contributed by atoms with Crippen molar-refractivity contribution in [1.82, 2.24) is 10.9 Å². The third-order valence-corrected chi connectivity index (χ3v) is 4.42. The van der Waals surface area contributed by atoms with E-state index in [0.29, 0.717) is 5.56 Å². The summed E-state index contributed by atoms with van der Waals surface area (Å²) in [7, 11) is 0. The molecule has 0 fully saturated rings. The third kappa shape index (κ3) is 3.77. The van der Waals surface area contributed by atoms with Gasteiger partial charge in [0.2, 0.25) is 5.91 Å². The van der Waals surface area contributed by atoms with E-state index < -0.39 is 0 Å². The highest BCUT2D eigenvalue weighted by Crippen LogP contribution is 2.23. The molecule has 134 valence electrons. The van der Waals surface area contributed by atoms with Gasteiger partial charge in [-0.15, -0.1) is 0 Å². The predicted molar refractivity (Wildman–Crippen MR) is 101 cm³/mol. The highest BCUT2D eigenvalue weighted by atomic mass is 16.3. The molecule has 0 bridgehead atoms. The molecule has 3 aromatic rings. The van der Waals surface area contributed by atoms with E-state index in [4.69, 9.17) is 4.42 Å². The number of hydrazine groups is 1. The quantitative estimate of drug-likeness (QED) is 0.706. The van der Waals surface area contributed by atoms with Gasteiger partial charge in [0.1, 0.15) is 5.58 Å². The molecule has 2 N–H and O–H groups in total. The molecule has 0 aliphatic heterocycles. The second-order valence-corrected chi connectivity index (χ2v) is 6.44. The van der Waals surface area contributed by atoms with Crippen molar-refractivity contribution in [3.63, 3.8) is 0 Å². The van der Waals surface area contributed by atoms with Crippen LogP contribution in [0, 0.1) is 13.8 Å². The molecule has 0 aliphatic carbocycles. The van der Waals surface area contributed by atoms with E-state index >= 15 is 0 Å². The Morgan fingerprint density at radius 1 is 1.04 bits per heavy atom. The van der Waals surface area contributed by atoms with Crippen molar-refractivity contribution in [3.05, 3.63) is 70.5 Å². The second kappa shape index (κ2) is 7.44. The van der Waals surface area contributed by atoms with Crippen molar-refractivity contribution in [2.45, 2.75) is 33.6 Å². The zero-order chi connectivity index (χ0) is 18.7. The molecule has 2 aromatic carbocycles. The van der Waals surface area contributed by atoms with Gasteiger partial charge in [-0.3, -0.25) is 20.4 Å². The van der Waals surface area contributed by atoms with Crippen molar-refractivity contribution in [2.75, 3.05) is 0 Å². The lowest BCUT2D eigenvalue weighted by Gasteiger charge is -2.09. The summed E-state index contributed by atoms with van der Waals surface area (Å²) in [4.78, 5) is 24.4. The van der Waals surface area contributed by atoms with Crippen LogP contribution in [0.2, 0.25) is 0 Å². The number of aryl methyl sites for hydroxylation is 3.